The standard InChI is InChI=1S/C11H17IN4O/c1-2-7-5-16(4-3-8(7)13)10-9(12)11(17)15-6-14-10/h6-8H,2-5,13H2,1H3,(H,14,15,17). The highest BCUT2D eigenvalue weighted by Gasteiger charge is 2.27. The van der Waals surface area contributed by atoms with Gasteiger partial charge in [0.15, 0.2) is 0 Å². The van der Waals surface area contributed by atoms with Crippen molar-refractivity contribution in [1.82, 2.24) is 9.97 Å². The highest BCUT2D eigenvalue weighted by atomic mass is 127. The number of nitrogens with two attached hydrogens (primary N) is 1. The average Bonchev–Trinajstić information content (AvgIpc) is 2.34. The van der Waals surface area contributed by atoms with E-state index >= 15 is 0 Å². The molecule has 0 radical (unpaired) electrons. The van der Waals surface area contributed by atoms with E-state index < -0.39 is 0 Å². The molecule has 2 unspecified atom stereocenters. The first kappa shape index (κ1) is 12.8. The van der Waals surface area contributed by atoms with E-state index in [0.717, 1.165) is 31.7 Å². The summed E-state index contributed by atoms with van der Waals surface area (Å²) in [4.78, 5) is 20.6. The fraction of sp³-hybridized carbons (Fsp3) is 0.636. The van der Waals surface area contributed by atoms with Gasteiger partial charge in [-0.15, -0.1) is 0 Å². The van der Waals surface area contributed by atoms with Crippen molar-refractivity contribution in [3.05, 3.63) is 20.3 Å². The van der Waals surface area contributed by atoms with E-state index in [9.17, 15) is 4.79 Å². The Balaban J connectivity index is 2.23. The van der Waals surface area contributed by atoms with E-state index in [4.69, 9.17) is 5.73 Å². The zero-order chi connectivity index (χ0) is 12.4. The van der Waals surface area contributed by atoms with Crippen LogP contribution in [0.25, 0.3) is 0 Å². The third-order valence-electron chi connectivity index (χ3n) is 3.39. The quantitative estimate of drug-likeness (QED) is 0.780. The molecule has 17 heavy (non-hydrogen) atoms. The van der Waals surface area contributed by atoms with Gasteiger partial charge >= 0.3 is 0 Å². The van der Waals surface area contributed by atoms with Gasteiger partial charge in [-0.3, -0.25) is 4.79 Å². The molecule has 0 aliphatic carbocycles. The summed E-state index contributed by atoms with van der Waals surface area (Å²) in [6, 6.07) is 0.274. The molecular formula is C11H17IN4O. The van der Waals surface area contributed by atoms with E-state index in [0.29, 0.717) is 9.49 Å². The molecule has 6 heteroatoms. The molecule has 1 fully saturated rings. The van der Waals surface area contributed by atoms with Crippen LogP contribution in [0.3, 0.4) is 0 Å². The summed E-state index contributed by atoms with van der Waals surface area (Å²) in [5, 5.41) is 0. The third-order valence-corrected chi connectivity index (χ3v) is 4.37. The van der Waals surface area contributed by atoms with Gasteiger partial charge in [0.1, 0.15) is 9.39 Å². The molecule has 1 saturated heterocycles. The summed E-state index contributed by atoms with van der Waals surface area (Å²) in [7, 11) is 0. The lowest BCUT2D eigenvalue weighted by atomic mass is 9.91. The van der Waals surface area contributed by atoms with Crippen molar-refractivity contribution in [2.24, 2.45) is 11.7 Å². The van der Waals surface area contributed by atoms with Crippen LogP contribution in [0.1, 0.15) is 19.8 Å². The maximum absolute atomic E-state index is 11.5. The molecule has 94 valence electrons. The molecule has 0 saturated carbocycles. The van der Waals surface area contributed by atoms with Gasteiger partial charge in [-0.2, -0.15) is 0 Å². The lowest BCUT2D eigenvalue weighted by Gasteiger charge is -2.37. The Hall–Kier alpha value is -0.630. The Kier molecular flexibility index (Phi) is 4.03. The Labute approximate surface area is 114 Å². The van der Waals surface area contributed by atoms with Crippen molar-refractivity contribution in [3.63, 3.8) is 0 Å². The normalized spacial score (nSPS) is 25.0. The van der Waals surface area contributed by atoms with Gasteiger partial charge in [-0.25, -0.2) is 4.98 Å². The predicted molar refractivity (Wildman–Crippen MR) is 76.2 cm³/mol. The summed E-state index contributed by atoms with van der Waals surface area (Å²) in [6.07, 6.45) is 3.50. The molecule has 5 nitrogen and oxygen atoms in total. The number of anilines is 1. The number of aromatic amines is 1. The first-order valence-electron chi connectivity index (χ1n) is 5.87. The van der Waals surface area contributed by atoms with Gasteiger partial charge in [0.05, 0.1) is 6.33 Å². The fourth-order valence-electron chi connectivity index (χ4n) is 2.27. The Morgan fingerprint density at radius 1 is 1.71 bits per heavy atom. The topological polar surface area (TPSA) is 75.0 Å². The van der Waals surface area contributed by atoms with Gasteiger partial charge in [-0.05, 0) is 34.9 Å². The van der Waals surface area contributed by atoms with Crippen molar-refractivity contribution >= 4 is 28.4 Å². The van der Waals surface area contributed by atoms with Crippen molar-refractivity contribution in [2.45, 2.75) is 25.8 Å². The SMILES string of the molecule is CCC1CN(c2nc[nH]c(=O)c2I)CCC1N. The van der Waals surface area contributed by atoms with Crippen LogP contribution in [0.4, 0.5) is 5.82 Å². The highest BCUT2D eigenvalue weighted by molar-refractivity contribution is 14.1. The minimum atomic E-state index is -0.0708. The lowest BCUT2D eigenvalue weighted by Crippen LogP contribution is -2.47. The lowest BCUT2D eigenvalue weighted by molar-refractivity contribution is 0.346. The number of piperidine rings is 1. The molecule has 2 heterocycles. The monoisotopic (exact) mass is 348 g/mol. The van der Waals surface area contributed by atoms with Crippen LogP contribution < -0.4 is 16.2 Å². The molecule has 1 aromatic heterocycles. The van der Waals surface area contributed by atoms with E-state index in [1.165, 1.54) is 6.33 Å². The number of hydrogen-bond acceptors (Lipinski definition) is 4. The maximum Gasteiger partial charge on any atom is 0.266 e. The molecule has 1 aromatic rings. The first-order valence-corrected chi connectivity index (χ1v) is 6.95. The molecule has 2 atom stereocenters. The van der Waals surface area contributed by atoms with Gasteiger partial charge in [0.25, 0.3) is 5.56 Å². The number of hydrogen-bond donors (Lipinski definition) is 2. The van der Waals surface area contributed by atoms with Crippen LogP contribution in [0, 0.1) is 9.49 Å². The summed E-state index contributed by atoms with van der Waals surface area (Å²) >= 11 is 2.05. The van der Waals surface area contributed by atoms with Crippen molar-refractivity contribution in [2.75, 3.05) is 18.0 Å². The highest BCUT2D eigenvalue weighted by Crippen LogP contribution is 2.24. The molecule has 1 aliphatic heterocycles. The molecule has 2 rings (SSSR count). The zero-order valence-electron chi connectivity index (χ0n) is 9.82. The molecule has 0 spiro atoms. The number of rotatable bonds is 2. The van der Waals surface area contributed by atoms with Crippen molar-refractivity contribution < 1.29 is 0 Å². The minimum Gasteiger partial charge on any atom is -0.355 e. The molecular weight excluding hydrogens is 331 g/mol. The number of nitrogens with zero attached hydrogens (tertiary/aromatic N) is 2. The summed E-state index contributed by atoms with van der Waals surface area (Å²) in [6.45, 7) is 3.93. The predicted octanol–water partition coefficient (Wildman–Crippen LogP) is 0.938. The Morgan fingerprint density at radius 2 is 2.47 bits per heavy atom. The van der Waals surface area contributed by atoms with Gasteiger partial charge in [-0.1, -0.05) is 13.3 Å². The summed E-state index contributed by atoms with van der Waals surface area (Å²) < 4.78 is 0.662. The van der Waals surface area contributed by atoms with Crippen LogP contribution in [0.15, 0.2) is 11.1 Å². The molecule has 3 N–H and O–H groups in total. The second kappa shape index (κ2) is 5.34. The number of aromatic nitrogens is 2. The maximum atomic E-state index is 11.5. The molecule has 1 aliphatic rings. The van der Waals surface area contributed by atoms with E-state index in [1.807, 2.05) is 0 Å². The summed E-state index contributed by atoms with van der Waals surface area (Å²) in [5.74, 6) is 1.28. The smallest absolute Gasteiger partial charge is 0.266 e. The largest absolute Gasteiger partial charge is 0.355 e. The zero-order valence-corrected chi connectivity index (χ0v) is 12.0. The minimum absolute atomic E-state index is 0.0708. The third kappa shape index (κ3) is 2.62. The van der Waals surface area contributed by atoms with Crippen LogP contribution in [-0.4, -0.2) is 29.1 Å². The van der Waals surface area contributed by atoms with E-state index in [2.05, 4.69) is 44.4 Å². The van der Waals surface area contributed by atoms with Gasteiger partial charge in [0.2, 0.25) is 0 Å². The van der Waals surface area contributed by atoms with Crippen LogP contribution in [0.5, 0.6) is 0 Å². The van der Waals surface area contributed by atoms with Crippen LogP contribution in [0.2, 0.25) is 0 Å². The van der Waals surface area contributed by atoms with E-state index in [1.54, 1.807) is 0 Å². The number of nitrogens with one attached hydrogen (secondary N) is 1. The average molecular weight is 348 g/mol. The van der Waals surface area contributed by atoms with Crippen LogP contribution in [-0.2, 0) is 0 Å². The van der Waals surface area contributed by atoms with E-state index in [-0.39, 0.29) is 11.6 Å². The Morgan fingerprint density at radius 3 is 3.18 bits per heavy atom. The second-order valence-electron chi connectivity index (χ2n) is 4.44. The molecule has 0 amide bonds. The fourth-order valence-corrected chi connectivity index (χ4v) is 2.90. The van der Waals surface area contributed by atoms with Crippen LogP contribution >= 0.6 is 22.6 Å². The summed E-state index contributed by atoms with van der Waals surface area (Å²) in [5.41, 5.74) is 6.01. The number of halogens is 1. The van der Waals surface area contributed by atoms with Crippen molar-refractivity contribution in [1.29, 1.82) is 0 Å². The Bertz CT molecular complexity index is 447. The second-order valence-corrected chi connectivity index (χ2v) is 5.51. The molecule has 0 aromatic carbocycles. The van der Waals surface area contributed by atoms with Crippen molar-refractivity contribution in [3.8, 4) is 0 Å². The van der Waals surface area contributed by atoms with Gasteiger partial charge < -0.3 is 15.6 Å². The molecule has 0 bridgehead atoms. The first-order chi connectivity index (χ1) is 8.13. The number of H-pyrrole nitrogens is 1. The van der Waals surface area contributed by atoms with Gasteiger partial charge in [0, 0.05) is 19.1 Å².